The molecule has 1 aromatic carbocycles. The molecular weight excluding hydrogens is 200 g/mol. The molecule has 0 aliphatic heterocycles. The smallest absolute Gasteiger partial charge is 0.165 e. The van der Waals surface area contributed by atoms with Crippen molar-refractivity contribution in [2.24, 2.45) is 0 Å². The molecule has 0 aliphatic carbocycles. The molecule has 0 N–H and O–H groups in total. The van der Waals surface area contributed by atoms with Gasteiger partial charge in [0.25, 0.3) is 0 Å². The van der Waals surface area contributed by atoms with Gasteiger partial charge in [-0.3, -0.25) is 4.79 Å². The summed E-state index contributed by atoms with van der Waals surface area (Å²) in [7, 11) is 0. The van der Waals surface area contributed by atoms with Crippen molar-refractivity contribution < 1.29 is 9.53 Å². The first-order chi connectivity index (χ1) is 7.65. The molecule has 2 nitrogen and oxygen atoms in total. The molecule has 0 aromatic heterocycles. The van der Waals surface area contributed by atoms with Crippen molar-refractivity contribution in [3.8, 4) is 0 Å². The molecule has 0 fully saturated rings. The number of hydrogen-bond donors (Lipinski definition) is 0. The quantitative estimate of drug-likeness (QED) is 0.543. The monoisotopic (exact) mass is 220 g/mol. The van der Waals surface area contributed by atoms with Crippen LogP contribution in [0.4, 0.5) is 0 Å². The zero-order valence-corrected chi connectivity index (χ0v) is 10.4. The predicted molar refractivity (Wildman–Crippen MR) is 66.0 cm³/mol. The van der Waals surface area contributed by atoms with Crippen LogP contribution in [0.1, 0.15) is 41.3 Å². The topological polar surface area (TPSA) is 26.3 Å². The number of hydrogen-bond acceptors (Lipinski definition) is 2. The number of ketones is 1. The molecule has 88 valence electrons. The lowest BCUT2D eigenvalue weighted by molar-refractivity contribution is 0.0878. The standard InChI is InChI=1S/C14H20O2/c1-4-8-16-9-7-14(15)13-6-5-11(2)10-12(13)3/h5-6,10H,4,7-9H2,1-3H3. The number of aryl methyl sites for hydroxylation is 2. The number of Topliss-reactive ketones (excluding diaryl/α,β-unsaturated/α-hetero) is 1. The third kappa shape index (κ3) is 3.78. The molecule has 1 rings (SSSR count). The van der Waals surface area contributed by atoms with Gasteiger partial charge in [0, 0.05) is 18.6 Å². The summed E-state index contributed by atoms with van der Waals surface area (Å²) in [6, 6.07) is 5.93. The fraction of sp³-hybridized carbons (Fsp3) is 0.500. The number of benzene rings is 1. The van der Waals surface area contributed by atoms with Gasteiger partial charge < -0.3 is 4.74 Å². The molecule has 0 bridgehead atoms. The summed E-state index contributed by atoms with van der Waals surface area (Å²) in [4.78, 5) is 11.9. The maximum atomic E-state index is 11.9. The number of rotatable bonds is 6. The Bertz CT molecular complexity index is 356. The Hall–Kier alpha value is -1.15. The first kappa shape index (κ1) is 12.9. The highest BCUT2D eigenvalue weighted by atomic mass is 16.5. The van der Waals surface area contributed by atoms with Crippen LogP contribution in [-0.2, 0) is 4.74 Å². The van der Waals surface area contributed by atoms with Crippen LogP contribution in [0, 0.1) is 13.8 Å². The maximum absolute atomic E-state index is 11.9. The van der Waals surface area contributed by atoms with Gasteiger partial charge >= 0.3 is 0 Å². The summed E-state index contributed by atoms with van der Waals surface area (Å²) >= 11 is 0. The van der Waals surface area contributed by atoms with Crippen LogP contribution in [0.3, 0.4) is 0 Å². The fourth-order valence-corrected chi connectivity index (χ4v) is 1.67. The van der Waals surface area contributed by atoms with Crippen LogP contribution in [0.2, 0.25) is 0 Å². The lowest BCUT2D eigenvalue weighted by Gasteiger charge is -2.06. The molecule has 0 saturated carbocycles. The summed E-state index contributed by atoms with van der Waals surface area (Å²) < 4.78 is 5.32. The Morgan fingerprint density at radius 1 is 1.25 bits per heavy atom. The second kappa shape index (κ2) is 6.44. The van der Waals surface area contributed by atoms with Crippen LogP contribution in [0.15, 0.2) is 18.2 Å². The highest BCUT2D eigenvalue weighted by molar-refractivity contribution is 5.97. The number of carbonyl (C=O) groups is 1. The van der Waals surface area contributed by atoms with E-state index in [9.17, 15) is 4.79 Å². The third-order valence-corrected chi connectivity index (χ3v) is 2.50. The second-order valence-corrected chi connectivity index (χ2v) is 4.10. The predicted octanol–water partition coefficient (Wildman–Crippen LogP) is 3.30. The van der Waals surface area contributed by atoms with Crippen molar-refractivity contribution in [2.75, 3.05) is 13.2 Å². The van der Waals surface area contributed by atoms with Crippen molar-refractivity contribution in [2.45, 2.75) is 33.6 Å². The van der Waals surface area contributed by atoms with Gasteiger partial charge in [-0.15, -0.1) is 0 Å². The first-order valence-corrected chi connectivity index (χ1v) is 5.83. The van der Waals surface area contributed by atoms with Gasteiger partial charge in [-0.1, -0.05) is 30.7 Å². The van der Waals surface area contributed by atoms with Crippen LogP contribution >= 0.6 is 0 Å². The van der Waals surface area contributed by atoms with Crippen LogP contribution in [-0.4, -0.2) is 19.0 Å². The van der Waals surface area contributed by atoms with Gasteiger partial charge in [0.05, 0.1) is 6.61 Å². The van der Waals surface area contributed by atoms with Crippen molar-refractivity contribution in [3.05, 3.63) is 34.9 Å². The second-order valence-electron chi connectivity index (χ2n) is 4.10. The molecule has 0 atom stereocenters. The van der Waals surface area contributed by atoms with Gasteiger partial charge in [-0.05, 0) is 25.8 Å². The summed E-state index contributed by atoms with van der Waals surface area (Å²) in [6.45, 7) is 7.34. The lowest BCUT2D eigenvalue weighted by atomic mass is 10.0. The van der Waals surface area contributed by atoms with Crippen molar-refractivity contribution >= 4 is 5.78 Å². The molecule has 0 unspecified atom stereocenters. The molecule has 1 aromatic rings. The molecule has 0 saturated heterocycles. The van der Waals surface area contributed by atoms with Crippen molar-refractivity contribution in [1.82, 2.24) is 0 Å². The van der Waals surface area contributed by atoms with E-state index >= 15 is 0 Å². The lowest BCUT2D eigenvalue weighted by Crippen LogP contribution is -2.07. The minimum atomic E-state index is 0.175. The summed E-state index contributed by atoms with van der Waals surface area (Å²) in [5.41, 5.74) is 3.07. The molecule has 16 heavy (non-hydrogen) atoms. The third-order valence-electron chi connectivity index (χ3n) is 2.50. The van der Waals surface area contributed by atoms with E-state index in [4.69, 9.17) is 4.74 Å². The number of ether oxygens (including phenoxy) is 1. The normalized spacial score (nSPS) is 10.4. The Kier molecular flexibility index (Phi) is 5.20. The molecule has 0 aliphatic rings. The van der Waals surface area contributed by atoms with E-state index in [2.05, 4.69) is 6.92 Å². The van der Waals surface area contributed by atoms with Crippen LogP contribution < -0.4 is 0 Å². The SMILES string of the molecule is CCCOCCC(=O)c1ccc(C)cc1C. The van der Waals surface area contributed by atoms with E-state index in [1.54, 1.807) is 0 Å². The van der Waals surface area contributed by atoms with E-state index in [1.807, 2.05) is 32.0 Å². The molecule has 0 spiro atoms. The largest absolute Gasteiger partial charge is 0.381 e. The zero-order chi connectivity index (χ0) is 12.0. The highest BCUT2D eigenvalue weighted by Crippen LogP contribution is 2.12. The van der Waals surface area contributed by atoms with Crippen LogP contribution in [0.5, 0.6) is 0 Å². The van der Waals surface area contributed by atoms with E-state index in [0.29, 0.717) is 13.0 Å². The van der Waals surface area contributed by atoms with E-state index in [0.717, 1.165) is 24.2 Å². The highest BCUT2D eigenvalue weighted by Gasteiger charge is 2.08. The van der Waals surface area contributed by atoms with Gasteiger partial charge in [-0.2, -0.15) is 0 Å². The van der Waals surface area contributed by atoms with Gasteiger partial charge in [-0.25, -0.2) is 0 Å². The van der Waals surface area contributed by atoms with E-state index < -0.39 is 0 Å². The Morgan fingerprint density at radius 3 is 2.62 bits per heavy atom. The van der Waals surface area contributed by atoms with Crippen molar-refractivity contribution in [1.29, 1.82) is 0 Å². The number of carbonyl (C=O) groups excluding carboxylic acids is 1. The van der Waals surface area contributed by atoms with E-state index in [1.165, 1.54) is 5.56 Å². The fourth-order valence-electron chi connectivity index (χ4n) is 1.67. The molecule has 0 heterocycles. The molecule has 0 amide bonds. The van der Waals surface area contributed by atoms with Crippen molar-refractivity contribution in [3.63, 3.8) is 0 Å². The maximum Gasteiger partial charge on any atom is 0.165 e. The average Bonchev–Trinajstić information content (AvgIpc) is 2.24. The zero-order valence-electron chi connectivity index (χ0n) is 10.4. The molecule has 0 radical (unpaired) electrons. The molecule has 2 heteroatoms. The van der Waals surface area contributed by atoms with Gasteiger partial charge in [0.2, 0.25) is 0 Å². The van der Waals surface area contributed by atoms with Crippen LogP contribution in [0.25, 0.3) is 0 Å². The summed E-state index contributed by atoms with van der Waals surface area (Å²) in [6.07, 6.45) is 1.47. The Labute approximate surface area is 97.6 Å². The minimum absolute atomic E-state index is 0.175. The van der Waals surface area contributed by atoms with E-state index in [-0.39, 0.29) is 5.78 Å². The Balaban J connectivity index is 2.53. The Morgan fingerprint density at radius 2 is 2.00 bits per heavy atom. The molecular formula is C14H20O2. The van der Waals surface area contributed by atoms with Gasteiger partial charge in [0.15, 0.2) is 5.78 Å². The minimum Gasteiger partial charge on any atom is -0.381 e. The first-order valence-electron chi connectivity index (χ1n) is 5.83. The van der Waals surface area contributed by atoms with Gasteiger partial charge in [0.1, 0.15) is 0 Å². The summed E-state index contributed by atoms with van der Waals surface area (Å²) in [5, 5.41) is 0. The summed E-state index contributed by atoms with van der Waals surface area (Å²) in [5.74, 6) is 0.175. The average molecular weight is 220 g/mol.